The standard InChI is InChI=1S/C21H16N2O/c1-15-22-19-13-7-5-12-18(19)21(24)23(15)20-14-8-6-11-17(20)16-9-3-2-4-10-16/h2-14H,1H3. The number of rotatable bonds is 2. The number of benzene rings is 3. The second-order valence-corrected chi connectivity index (χ2v) is 5.70. The quantitative estimate of drug-likeness (QED) is 0.551. The van der Waals surface area contributed by atoms with Crippen molar-refractivity contribution in [2.24, 2.45) is 0 Å². The molecule has 4 rings (SSSR count). The van der Waals surface area contributed by atoms with Crippen LogP contribution in [0.2, 0.25) is 0 Å². The van der Waals surface area contributed by atoms with Gasteiger partial charge >= 0.3 is 0 Å². The van der Waals surface area contributed by atoms with Crippen molar-refractivity contribution < 1.29 is 0 Å². The van der Waals surface area contributed by atoms with Crippen LogP contribution in [0.5, 0.6) is 0 Å². The van der Waals surface area contributed by atoms with E-state index in [1.54, 1.807) is 4.57 Å². The Morgan fingerprint density at radius 3 is 2.29 bits per heavy atom. The lowest BCUT2D eigenvalue weighted by molar-refractivity contribution is 0.896. The van der Waals surface area contributed by atoms with Crippen LogP contribution in [0.3, 0.4) is 0 Å². The van der Waals surface area contributed by atoms with Gasteiger partial charge in [0.25, 0.3) is 5.56 Å². The fourth-order valence-electron chi connectivity index (χ4n) is 3.06. The Morgan fingerprint density at radius 2 is 1.46 bits per heavy atom. The third kappa shape index (κ3) is 2.31. The smallest absolute Gasteiger partial charge is 0.265 e. The van der Waals surface area contributed by atoms with Gasteiger partial charge in [0.1, 0.15) is 5.82 Å². The van der Waals surface area contributed by atoms with E-state index in [4.69, 9.17) is 0 Å². The predicted molar refractivity (Wildman–Crippen MR) is 97.5 cm³/mol. The number of para-hydroxylation sites is 2. The summed E-state index contributed by atoms with van der Waals surface area (Å²) in [6.07, 6.45) is 0. The molecule has 4 aromatic rings. The van der Waals surface area contributed by atoms with Crippen LogP contribution < -0.4 is 5.56 Å². The molecule has 116 valence electrons. The summed E-state index contributed by atoms with van der Waals surface area (Å²) in [4.78, 5) is 17.7. The van der Waals surface area contributed by atoms with Crippen molar-refractivity contribution in [3.63, 3.8) is 0 Å². The van der Waals surface area contributed by atoms with Crippen LogP contribution >= 0.6 is 0 Å². The zero-order chi connectivity index (χ0) is 16.5. The molecule has 0 aliphatic carbocycles. The number of fused-ring (bicyclic) bond motifs is 1. The highest BCUT2D eigenvalue weighted by molar-refractivity contribution is 5.79. The first-order valence-corrected chi connectivity index (χ1v) is 7.89. The number of aromatic nitrogens is 2. The minimum atomic E-state index is -0.0403. The fraction of sp³-hybridized carbons (Fsp3) is 0.0476. The van der Waals surface area contributed by atoms with Gasteiger partial charge < -0.3 is 0 Å². The summed E-state index contributed by atoms with van der Waals surface area (Å²) < 4.78 is 1.70. The van der Waals surface area contributed by atoms with Gasteiger partial charge in [-0.15, -0.1) is 0 Å². The van der Waals surface area contributed by atoms with Gasteiger partial charge in [-0.3, -0.25) is 9.36 Å². The molecular formula is C21H16N2O. The zero-order valence-electron chi connectivity index (χ0n) is 13.3. The first-order valence-electron chi connectivity index (χ1n) is 7.89. The molecule has 24 heavy (non-hydrogen) atoms. The monoisotopic (exact) mass is 312 g/mol. The summed E-state index contributed by atoms with van der Waals surface area (Å²) in [6, 6.07) is 25.5. The van der Waals surface area contributed by atoms with Crippen molar-refractivity contribution in [3.05, 3.63) is 95.0 Å². The van der Waals surface area contributed by atoms with Gasteiger partial charge in [-0.2, -0.15) is 0 Å². The van der Waals surface area contributed by atoms with E-state index in [-0.39, 0.29) is 5.56 Å². The van der Waals surface area contributed by atoms with Gasteiger partial charge in [0.05, 0.1) is 16.6 Å². The number of hydrogen-bond acceptors (Lipinski definition) is 2. The largest absolute Gasteiger partial charge is 0.268 e. The third-order valence-corrected chi connectivity index (χ3v) is 4.17. The minimum Gasteiger partial charge on any atom is -0.268 e. The molecule has 0 atom stereocenters. The van der Waals surface area contributed by atoms with Gasteiger partial charge in [-0.25, -0.2) is 4.98 Å². The maximum atomic E-state index is 13.1. The molecular weight excluding hydrogens is 296 g/mol. The molecule has 3 heteroatoms. The van der Waals surface area contributed by atoms with Crippen LogP contribution in [0.15, 0.2) is 83.7 Å². The maximum absolute atomic E-state index is 13.1. The summed E-state index contributed by atoms with van der Waals surface area (Å²) in [5.74, 6) is 0.682. The summed E-state index contributed by atoms with van der Waals surface area (Å²) >= 11 is 0. The van der Waals surface area contributed by atoms with Gasteiger partial charge in [0, 0.05) is 5.56 Å². The normalized spacial score (nSPS) is 10.9. The predicted octanol–water partition coefficient (Wildman–Crippen LogP) is 4.36. The molecule has 0 spiro atoms. The summed E-state index contributed by atoms with van der Waals surface area (Å²) in [5, 5.41) is 0.631. The number of hydrogen-bond donors (Lipinski definition) is 0. The Kier molecular flexibility index (Phi) is 3.47. The molecule has 3 nitrogen and oxygen atoms in total. The number of aryl methyl sites for hydroxylation is 1. The van der Waals surface area contributed by atoms with Gasteiger partial charge in [0.2, 0.25) is 0 Å². The van der Waals surface area contributed by atoms with Crippen molar-refractivity contribution >= 4 is 10.9 Å². The van der Waals surface area contributed by atoms with E-state index < -0.39 is 0 Å². The van der Waals surface area contributed by atoms with Gasteiger partial charge in [-0.1, -0.05) is 60.7 Å². The summed E-state index contributed by atoms with van der Waals surface area (Å²) in [5.41, 5.74) is 3.63. The van der Waals surface area contributed by atoms with Gasteiger partial charge in [-0.05, 0) is 30.7 Å². The van der Waals surface area contributed by atoms with Crippen molar-refractivity contribution in [2.75, 3.05) is 0 Å². The first kappa shape index (κ1) is 14.4. The van der Waals surface area contributed by atoms with E-state index in [1.807, 2.05) is 85.8 Å². The molecule has 0 aliphatic rings. The SMILES string of the molecule is Cc1nc2ccccc2c(=O)n1-c1ccccc1-c1ccccc1. The Hall–Kier alpha value is -3.20. The van der Waals surface area contributed by atoms with Gasteiger partial charge in [0.15, 0.2) is 0 Å². The Balaban J connectivity index is 2.05. The second-order valence-electron chi connectivity index (χ2n) is 5.70. The Morgan fingerprint density at radius 1 is 0.792 bits per heavy atom. The summed E-state index contributed by atoms with van der Waals surface area (Å²) in [7, 11) is 0. The van der Waals surface area contributed by atoms with Crippen LogP contribution in [-0.2, 0) is 0 Å². The second kappa shape index (κ2) is 5.78. The average Bonchev–Trinajstić information content (AvgIpc) is 2.63. The minimum absolute atomic E-state index is 0.0403. The van der Waals surface area contributed by atoms with Crippen LogP contribution in [-0.4, -0.2) is 9.55 Å². The average molecular weight is 312 g/mol. The molecule has 0 saturated heterocycles. The van der Waals surface area contributed by atoms with Crippen LogP contribution in [0.4, 0.5) is 0 Å². The van der Waals surface area contributed by atoms with E-state index in [1.165, 1.54) is 0 Å². The molecule has 1 heterocycles. The first-order chi connectivity index (χ1) is 11.8. The van der Waals surface area contributed by atoms with E-state index in [9.17, 15) is 4.79 Å². The highest BCUT2D eigenvalue weighted by atomic mass is 16.1. The third-order valence-electron chi connectivity index (χ3n) is 4.17. The molecule has 1 aromatic heterocycles. The van der Waals surface area contributed by atoms with E-state index in [0.29, 0.717) is 11.2 Å². The summed E-state index contributed by atoms with van der Waals surface area (Å²) in [6.45, 7) is 1.87. The topological polar surface area (TPSA) is 34.9 Å². The van der Waals surface area contributed by atoms with Crippen molar-refractivity contribution in [3.8, 4) is 16.8 Å². The van der Waals surface area contributed by atoms with Crippen LogP contribution in [0, 0.1) is 6.92 Å². The molecule has 0 radical (unpaired) electrons. The van der Waals surface area contributed by atoms with Crippen LogP contribution in [0.1, 0.15) is 5.82 Å². The highest BCUT2D eigenvalue weighted by Crippen LogP contribution is 2.26. The highest BCUT2D eigenvalue weighted by Gasteiger charge is 2.13. The van der Waals surface area contributed by atoms with Crippen molar-refractivity contribution in [1.29, 1.82) is 0 Å². The number of nitrogens with zero attached hydrogens (tertiary/aromatic N) is 2. The molecule has 3 aromatic carbocycles. The Labute approximate surface area is 139 Å². The molecule has 0 fully saturated rings. The lowest BCUT2D eigenvalue weighted by atomic mass is 10.0. The van der Waals surface area contributed by atoms with Crippen molar-refractivity contribution in [1.82, 2.24) is 9.55 Å². The van der Waals surface area contributed by atoms with E-state index in [0.717, 1.165) is 22.3 Å². The molecule has 0 bridgehead atoms. The zero-order valence-corrected chi connectivity index (χ0v) is 13.3. The molecule has 0 saturated carbocycles. The molecule has 0 aliphatic heterocycles. The van der Waals surface area contributed by atoms with E-state index >= 15 is 0 Å². The molecule has 0 N–H and O–H groups in total. The Bertz CT molecular complexity index is 1080. The lowest BCUT2D eigenvalue weighted by Crippen LogP contribution is -2.22. The van der Waals surface area contributed by atoms with Crippen molar-refractivity contribution in [2.45, 2.75) is 6.92 Å². The fourth-order valence-corrected chi connectivity index (χ4v) is 3.06. The lowest BCUT2D eigenvalue weighted by Gasteiger charge is -2.15. The van der Waals surface area contributed by atoms with E-state index in [2.05, 4.69) is 4.98 Å². The molecule has 0 unspecified atom stereocenters. The maximum Gasteiger partial charge on any atom is 0.265 e. The molecule has 0 amide bonds. The van der Waals surface area contributed by atoms with Crippen LogP contribution in [0.25, 0.3) is 27.7 Å².